The molecule has 1 aliphatic carbocycles. The fraction of sp³-hybridized carbons (Fsp3) is 0.818. The lowest BCUT2D eigenvalue weighted by Gasteiger charge is -2.37. The maximum Gasteiger partial charge on any atom is 0.0850 e. The first-order chi connectivity index (χ1) is 5.36. The van der Waals surface area contributed by atoms with Gasteiger partial charge in [-0.25, -0.2) is 0 Å². The molecule has 0 bridgehead atoms. The summed E-state index contributed by atoms with van der Waals surface area (Å²) in [5.74, 6) is 0.324. The van der Waals surface area contributed by atoms with E-state index < -0.39 is 5.60 Å². The Morgan fingerprint density at radius 2 is 1.75 bits per heavy atom. The Morgan fingerprint density at radius 3 is 2.08 bits per heavy atom. The van der Waals surface area contributed by atoms with Gasteiger partial charge in [-0.05, 0) is 24.2 Å². The quantitative estimate of drug-likeness (QED) is 0.597. The van der Waals surface area contributed by atoms with Gasteiger partial charge >= 0.3 is 0 Å². The maximum absolute atomic E-state index is 10.1. The van der Waals surface area contributed by atoms with Crippen LogP contribution in [0, 0.1) is 11.3 Å². The van der Waals surface area contributed by atoms with Gasteiger partial charge in [-0.1, -0.05) is 39.8 Å². The molecule has 1 unspecified atom stereocenters. The van der Waals surface area contributed by atoms with E-state index in [1.807, 2.05) is 6.08 Å². The van der Waals surface area contributed by atoms with Crippen molar-refractivity contribution in [1.82, 2.24) is 0 Å². The van der Waals surface area contributed by atoms with Crippen molar-refractivity contribution in [3.05, 3.63) is 12.2 Å². The van der Waals surface area contributed by atoms with E-state index in [0.29, 0.717) is 5.92 Å². The fourth-order valence-electron chi connectivity index (χ4n) is 1.54. The van der Waals surface area contributed by atoms with Gasteiger partial charge in [0.05, 0.1) is 5.60 Å². The molecule has 1 atom stereocenters. The van der Waals surface area contributed by atoms with Crippen molar-refractivity contribution < 1.29 is 5.11 Å². The third-order valence-corrected chi connectivity index (χ3v) is 2.99. The van der Waals surface area contributed by atoms with Gasteiger partial charge in [0.1, 0.15) is 0 Å². The zero-order chi connectivity index (χ0) is 9.41. The van der Waals surface area contributed by atoms with E-state index in [1.165, 1.54) is 0 Å². The van der Waals surface area contributed by atoms with Crippen molar-refractivity contribution in [2.24, 2.45) is 11.3 Å². The van der Waals surface area contributed by atoms with E-state index in [9.17, 15) is 5.11 Å². The molecule has 12 heavy (non-hydrogen) atoms. The van der Waals surface area contributed by atoms with Gasteiger partial charge in [-0.3, -0.25) is 0 Å². The summed E-state index contributed by atoms with van der Waals surface area (Å²) in [7, 11) is 0. The van der Waals surface area contributed by atoms with Crippen molar-refractivity contribution in [3.8, 4) is 0 Å². The van der Waals surface area contributed by atoms with Crippen LogP contribution in [-0.4, -0.2) is 10.7 Å². The third-order valence-electron chi connectivity index (χ3n) is 2.99. The smallest absolute Gasteiger partial charge is 0.0850 e. The first-order valence-electron chi connectivity index (χ1n) is 4.78. The van der Waals surface area contributed by atoms with Crippen molar-refractivity contribution in [2.45, 2.75) is 46.1 Å². The molecular formula is C11H20O. The summed E-state index contributed by atoms with van der Waals surface area (Å²) in [6.07, 6.45) is 6.12. The molecule has 0 saturated heterocycles. The molecule has 0 aromatic heterocycles. The molecule has 1 rings (SSSR count). The summed E-state index contributed by atoms with van der Waals surface area (Å²) in [5, 5.41) is 10.1. The molecule has 0 aromatic rings. The van der Waals surface area contributed by atoms with Crippen LogP contribution in [0.15, 0.2) is 12.2 Å². The Bertz CT molecular complexity index is 191. The molecular weight excluding hydrogens is 148 g/mol. The topological polar surface area (TPSA) is 20.2 Å². The Kier molecular flexibility index (Phi) is 2.35. The van der Waals surface area contributed by atoms with Crippen molar-refractivity contribution in [3.63, 3.8) is 0 Å². The van der Waals surface area contributed by atoms with E-state index in [0.717, 1.165) is 12.8 Å². The van der Waals surface area contributed by atoms with Crippen LogP contribution in [0.25, 0.3) is 0 Å². The summed E-state index contributed by atoms with van der Waals surface area (Å²) in [6, 6.07) is 0. The van der Waals surface area contributed by atoms with Crippen molar-refractivity contribution >= 4 is 0 Å². The zero-order valence-corrected chi connectivity index (χ0v) is 8.59. The second-order valence-electron chi connectivity index (χ2n) is 4.97. The van der Waals surface area contributed by atoms with Gasteiger partial charge in [0.15, 0.2) is 0 Å². The number of aliphatic hydroxyl groups is 1. The van der Waals surface area contributed by atoms with E-state index in [-0.39, 0.29) is 5.41 Å². The van der Waals surface area contributed by atoms with Crippen LogP contribution in [0.5, 0.6) is 0 Å². The highest BCUT2D eigenvalue weighted by Gasteiger charge is 2.34. The molecule has 0 heterocycles. The highest BCUT2D eigenvalue weighted by molar-refractivity contribution is 5.12. The van der Waals surface area contributed by atoms with Crippen LogP contribution in [0.2, 0.25) is 0 Å². The second-order valence-corrected chi connectivity index (χ2v) is 4.97. The number of hydrogen-bond donors (Lipinski definition) is 1. The van der Waals surface area contributed by atoms with Gasteiger partial charge in [-0.2, -0.15) is 0 Å². The lowest BCUT2D eigenvalue weighted by atomic mass is 9.73. The van der Waals surface area contributed by atoms with E-state index in [1.54, 1.807) is 0 Å². The van der Waals surface area contributed by atoms with Crippen LogP contribution in [0.3, 0.4) is 0 Å². The minimum Gasteiger partial charge on any atom is -0.386 e. The molecule has 0 saturated carbocycles. The molecule has 70 valence electrons. The average Bonchev–Trinajstić information content (AvgIpc) is 1.96. The predicted octanol–water partition coefficient (Wildman–Crippen LogP) is 2.75. The van der Waals surface area contributed by atoms with Gasteiger partial charge in [-0.15, -0.1) is 0 Å². The van der Waals surface area contributed by atoms with Crippen LogP contribution < -0.4 is 0 Å². The van der Waals surface area contributed by atoms with Gasteiger partial charge < -0.3 is 5.11 Å². The maximum atomic E-state index is 10.1. The Hall–Kier alpha value is -0.300. The standard InChI is InChI=1S/C11H20O/c1-9(2)11(12)7-5-10(3,4)6-8-11/h5,7,9,12H,6,8H2,1-4H3. The monoisotopic (exact) mass is 168 g/mol. The molecule has 0 aliphatic heterocycles. The Labute approximate surface area is 75.5 Å². The lowest BCUT2D eigenvalue weighted by Crippen LogP contribution is -2.37. The molecule has 1 heteroatoms. The van der Waals surface area contributed by atoms with E-state index >= 15 is 0 Å². The number of allylic oxidation sites excluding steroid dienone is 1. The molecule has 0 radical (unpaired) electrons. The highest BCUT2D eigenvalue weighted by atomic mass is 16.3. The largest absolute Gasteiger partial charge is 0.386 e. The minimum atomic E-state index is -0.546. The SMILES string of the molecule is CC(C)C1(O)C=CC(C)(C)CC1. The summed E-state index contributed by atoms with van der Waals surface area (Å²) >= 11 is 0. The Morgan fingerprint density at radius 1 is 1.17 bits per heavy atom. The first-order valence-corrected chi connectivity index (χ1v) is 4.78. The fourth-order valence-corrected chi connectivity index (χ4v) is 1.54. The summed E-state index contributed by atoms with van der Waals surface area (Å²) in [6.45, 7) is 8.57. The van der Waals surface area contributed by atoms with Crippen LogP contribution in [-0.2, 0) is 0 Å². The van der Waals surface area contributed by atoms with Gasteiger partial charge in [0.25, 0.3) is 0 Å². The average molecular weight is 168 g/mol. The summed E-state index contributed by atoms with van der Waals surface area (Å²) in [4.78, 5) is 0. The van der Waals surface area contributed by atoms with Crippen LogP contribution in [0.1, 0.15) is 40.5 Å². The number of rotatable bonds is 1. The van der Waals surface area contributed by atoms with Crippen molar-refractivity contribution in [2.75, 3.05) is 0 Å². The summed E-state index contributed by atoms with van der Waals surface area (Å²) < 4.78 is 0. The van der Waals surface area contributed by atoms with E-state index in [4.69, 9.17) is 0 Å². The molecule has 1 N–H and O–H groups in total. The van der Waals surface area contributed by atoms with Crippen LogP contribution in [0.4, 0.5) is 0 Å². The number of hydrogen-bond acceptors (Lipinski definition) is 1. The predicted molar refractivity (Wildman–Crippen MR) is 51.9 cm³/mol. The van der Waals surface area contributed by atoms with Gasteiger partial charge in [0, 0.05) is 0 Å². The Balaban J connectivity index is 2.77. The van der Waals surface area contributed by atoms with Gasteiger partial charge in [0.2, 0.25) is 0 Å². The first kappa shape index (κ1) is 9.79. The summed E-state index contributed by atoms with van der Waals surface area (Å²) in [5.41, 5.74) is -0.267. The normalized spacial score (nSPS) is 34.2. The van der Waals surface area contributed by atoms with Crippen LogP contribution >= 0.6 is 0 Å². The third kappa shape index (κ3) is 1.89. The molecule has 0 aromatic carbocycles. The van der Waals surface area contributed by atoms with Crippen molar-refractivity contribution in [1.29, 1.82) is 0 Å². The highest BCUT2D eigenvalue weighted by Crippen LogP contribution is 2.37. The molecule has 0 amide bonds. The molecule has 1 nitrogen and oxygen atoms in total. The van der Waals surface area contributed by atoms with E-state index in [2.05, 4.69) is 33.8 Å². The molecule has 0 fully saturated rings. The molecule has 1 aliphatic rings. The second kappa shape index (κ2) is 2.88. The minimum absolute atomic E-state index is 0.279. The lowest BCUT2D eigenvalue weighted by molar-refractivity contribution is 0.0177. The zero-order valence-electron chi connectivity index (χ0n) is 8.59. The molecule has 0 spiro atoms.